The number of benzene rings is 1. The Morgan fingerprint density at radius 1 is 1.25 bits per heavy atom. The van der Waals surface area contributed by atoms with Crippen molar-refractivity contribution < 1.29 is 13.5 Å². The first-order valence-electron chi connectivity index (χ1n) is 6.04. The molecule has 0 saturated carbocycles. The van der Waals surface area contributed by atoms with Crippen LogP contribution in [0.25, 0.3) is 0 Å². The molecule has 0 aliphatic carbocycles. The summed E-state index contributed by atoms with van der Waals surface area (Å²) >= 11 is 5.23. The summed E-state index contributed by atoms with van der Waals surface area (Å²) in [6.07, 6.45) is 0. The Balaban J connectivity index is 1.82. The van der Waals surface area contributed by atoms with Crippen LogP contribution in [0.4, 0.5) is 8.78 Å². The van der Waals surface area contributed by atoms with Gasteiger partial charge in [-0.3, -0.25) is 0 Å². The quantitative estimate of drug-likeness (QED) is 0.804. The Bertz CT molecular complexity index is 537. The third-order valence-electron chi connectivity index (χ3n) is 2.69. The zero-order valence-corrected chi connectivity index (χ0v) is 13.2. The zero-order chi connectivity index (χ0) is 14.5. The predicted molar refractivity (Wildman–Crippen MR) is 80.4 cm³/mol. The second kappa shape index (κ2) is 7.15. The van der Waals surface area contributed by atoms with E-state index in [1.807, 2.05) is 0 Å². The van der Waals surface area contributed by atoms with E-state index in [0.717, 1.165) is 16.6 Å². The van der Waals surface area contributed by atoms with E-state index in [0.29, 0.717) is 6.54 Å². The molecule has 0 spiro atoms. The molecular weight excluding hydrogens is 348 g/mol. The topological polar surface area (TPSA) is 21.3 Å². The Morgan fingerprint density at radius 2 is 1.95 bits per heavy atom. The van der Waals surface area contributed by atoms with E-state index in [2.05, 4.69) is 39.0 Å². The first kappa shape index (κ1) is 15.4. The molecule has 0 radical (unpaired) electrons. The number of rotatable bonds is 6. The lowest BCUT2D eigenvalue weighted by molar-refractivity contribution is -0.0498. The largest absolute Gasteiger partial charge is 0.435 e. The molecule has 1 aromatic heterocycles. The van der Waals surface area contributed by atoms with Crippen LogP contribution in [0, 0.1) is 6.92 Å². The van der Waals surface area contributed by atoms with Crippen LogP contribution >= 0.6 is 27.3 Å². The van der Waals surface area contributed by atoms with Gasteiger partial charge >= 0.3 is 6.61 Å². The molecule has 1 aromatic carbocycles. The van der Waals surface area contributed by atoms with E-state index in [1.165, 1.54) is 9.75 Å². The Labute approximate surface area is 128 Å². The summed E-state index contributed by atoms with van der Waals surface area (Å²) in [5.41, 5.74) is 1.03. The smallest absolute Gasteiger partial charge is 0.387 e. The number of hydrogen-bond acceptors (Lipinski definition) is 3. The molecule has 0 aliphatic heterocycles. The van der Waals surface area contributed by atoms with Crippen LogP contribution in [0.3, 0.4) is 0 Å². The second-order valence-corrected chi connectivity index (χ2v) is 6.44. The van der Waals surface area contributed by atoms with Gasteiger partial charge in [0.05, 0.1) is 0 Å². The summed E-state index contributed by atoms with van der Waals surface area (Å²) in [7, 11) is 0. The maximum atomic E-state index is 12.0. The standard InChI is InChI=1S/C14H14BrF2NOS/c1-9-13(15)6-12(20-9)8-18-7-10-2-4-11(5-3-10)19-14(16)17/h2-6,14,18H,7-8H2,1H3. The predicted octanol–water partition coefficient (Wildman–Crippen LogP) is 4.71. The van der Waals surface area contributed by atoms with Gasteiger partial charge in [-0.2, -0.15) is 8.78 Å². The van der Waals surface area contributed by atoms with E-state index >= 15 is 0 Å². The molecule has 2 aromatic rings. The van der Waals surface area contributed by atoms with Gasteiger partial charge in [0.2, 0.25) is 0 Å². The molecule has 1 heterocycles. The number of halogens is 3. The van der Waals surface area contributed by atoms with E-state index in [-0.39, 0.29) is 5.75 Å². The Morgan fingerprint density at radius 3 is 2.50 bits per heavy atom. The molecule has 0 amide bonds. The highest BCUT2D eigenvalue weighted by molar-refractivity contribution is 9.10. The molecule has 1 N–H and O–H groups in total. The minimum Gasteiger partial charge on any atom is -0.435 e. The van der Waals surface area contributed by atoms with E-state index in [9.17, 15) is 8.78 Å². The summed E-state index contributed by atoms with van der Waals surface area (Å²) in [5.74, 6) is 0.182. The van der Waals surface area contributed by atoms with Gasteiger partial charge in [-0.1, -0.05) is 12.1 Å². The summed E-state index contributed by atoms with van der Waals surface area (Å²) in [5, 5.41) is 3.32. The molecule has 0 atom stereocenters. The van der Waals surface area contributed by atoms with Crippen LogP contribution in [0.2, 0.25) is 0 Å². The monoisotopic (exact) mass is 361 g/mol. The summed E-state index contributed by atoms with van der Waals surface area (Å²) in [4.78, 5) is 2.52. The van der Waals surface area contributed by atoms with Crippen molar-refractivity contribution in [2.24, 2.45) is 0 Å². The van der Waals surface area contributed by atoms with Gasteiger partial charge in [0.1, 0.15) is 5.75 Å². The van der Waals surface area contributed by atoms with Crippen molar-refractivity contribution in [1.82, 2.24) is 5.32 Å². The van der Waals surface area contributed by atoms with Crippen molar-refractivity contribution in [1.29, 1.82) is 0 Å². The lowest BCUT2D eigenvalue weighted by Crippen LogP contribution is -2.11. The third kappa shape index (κ3) is 4.54. The molecule has 0 saturated heterocycles. The molecule has 0 fully saturated rings. The van der Waals surface area contributed by atoms with Crippen molar-refractivity contribution >= 4 is 27.3 Å². The van der Waals surface area contributed by atoms with Gasteiger partial charge in [-0.15, -0.1) is 11.3 Å². The van der Waals surface area contributed by atoms with Gasteiger partial charge in [0.25, 0.3) is 0 Å². The fourth-order valence-corrected chi connectivity index (χ4v) is 3.30. The SMILES string of the molecule is Cc1sc(CNCc2ccc(OC(F)F)cc2)cc1Br. The van der Waals surface area contributed by atoms with E-state index < -0.39 is 6.61 Å². The molecule has 6 heteroatoms. The highest BCUT2D eigenvalue weighted by atomic mass is 79.9. The maximum absolute atomic E-state index is 12.0. The third-order valence-corrected chi connectivity index (χ3v) is 4.82. The van der Waals surface area contributed by atoms with Crippen molar-refractivity contribution in [3.63, 3.8) is 0 Å². The molecule has 108 valence electrons. The summed E-state index contributed by atoms with van der Waals surface area (Å²) in [6, 6.07) is 8.76. The maximum Gasteiger partial charge on any atom is 0.387 e. The molecule has 2 nitrogen and oxygen atoms in total. The van der Waals surface area contributed by atoms with E-state index in [4.69, 9.17) is 0 Å². The van der Waals surface area contributed by atoms with Crippen molar-refractivity contribution in [2.45, 2.75) is 26.6 Å². The first-order chi connectivity index (χ1) is 9.54. The van der Waals surface area contributed by atoms with Crippen LogP contribution in [-0.2, 0) is 13.1 Å². The number of nitrogens with one attached hydrogen (secondary N) is 1. The Hall–Kier alpha value is -0.980. The van der Waals surface area contributed by atoms with Crippen LogP contribution in [0.15, 0.2) is 34.8 Å². The zero-order valence-electron chi connectivity index (χ0n) is 10.8. The van der Waals surface area contributed by atoms with Crippen LogP contribution in [0.5, 0.6) is 5.75 Å². The second-order valence-electron chi connectivity index (χ2n) is 4.24. The summed E-state index contributed by atoms with van der Waals surface area (Å²) < 4.78 is 29.5. The Kier molecular flexibility index (Phi) is 5.51. The number of alkyl halides is 2. The highest BCUT2D eigenvalue weighted by Crippen LogP contribution is 2.26. The first-order valence-corrected chi connectivity index (χ1v) is 7.65. The van der Waals surface area contributed by atoms with Crippen molar-refractivity contribution in [3.8, 4) is 5.75 Å². The van der Waals surface area contributed by atoms with Crippen LogP contribution < -0.4 is 10.1 Å². The lowest BCUT2D eigenvalue weighted by atomic mass is 10.2. The molecule has 0 bridgehead atoms. The average molecular weight is 362 g/mol. The molecule has 20 heavy (non-hydrogen) atoms. The minimum atomic E-state index is -2.78. The van der Waals surface area contributed by atoms with Gasteiger partial charge in [-0.25, -0.2) is 0 Å². The average Bonchev–Trinajstić information content (AvgIpc) is 2.70. The number of ether oxygens (including phenoxy) is 1. The van der Waals surface area contributed by atoms with Gasteiger partial charge in [0.15, 0.2) is 0 Å². The minimum absolute atomic E-state index is 0.182. The van der Waals surface area contributed by atoms with Gasteiger partial charge in [-0.05, 0) is 46.6 Å². The lowest BCUT2D eigenvalue weighted by Gasteiger charge is -2.06. The van der Waals surface area contributed by atoms with E-state index in [1.54, 1.807) is 35.6 Å². The van der Waals surface area contributed by atoms with Crippen molar-refractivity contribution in [3.05, 3.63) is 50.1 Å². The van der Waals surface area contributed by atoms with Gasteiger partial charge < -0.3 is 10.1 Å². The fourth-order valence-electron chi connectivity index (χ4n) is 1.72. The van der Waals surface area contributed by atoms with Gasteiger partial charge in [0, 0.05) is 27.3 Å². The van der Waals surface area contributed by atoms with Crippen LogP contribution in [0.1, 0.15) is 15.3 Å². The fraction of sp³-hybridized carbons (Fsp3) is 0.286. The number of thiophene rings is 1. The molecule has 0 aliphatic rings. The molecular formula is C14H14BrF2NOS. The molecule has 2 rings (SSSR count). The molecule has 0 unspecified atom stereocenters. The van der Waals surface area contributed by atoms with Crippen LogP contribution in [-0.4, -0.2) is 6.61 Å². The number of aryl methyl sites for hydroxylation is 1. The normalized spacial score (nSPS) is 11.1. The van der Waals surface area contributed by atoms with Crippen molar-refractivity contribution in [2.75, 3.05) is 0 Å². The number of hydrogen-bond donors (Lipinski definition) is 1. The summed E-state index contributed by atoms with van der Waals surface area (Å²) in [6.45, 7) is 0.759. The highest BCUT2D eigenvalue weighted by Gasteiger charge is 2.04.